The molecule has 2 aliphatic carbocycles. The molecule has 0 amide bonds. The molecule has 2 aliphatic rings. The highest BCUT2D eigenvalue weighted by Crippen LogP contribution is 2.52. The minimum atomic E-state index is 0.404. The number of benzene rings is 1. The first-order chi connectivity index (χ1) is 8.13. The highest BCUT2D eigenvalue weighted by molar-refractivity contribution is 6.32. The second-order valence-corrected chi connectivity index (χ2v) is 6.22. The Labute approximate surface area is 108 Å². The molecule has 2 unspecified atom stereocenters. The van der Waals surface area contributed by atoms with Gasteiger partial charge in [-0.2, -0.15) is 0 Å². The minimum Gasteiger partial charge on any atom is -0.489 e. The summed E-state index contributed by atoms with van der Waals surface area (Å²) in [6, 6.07) is 6.19. The largest absolute Gasteiger partial charge is 0.489 e. The fourth-order valence-electron chi connectivity index (χ4n) is 2.91. The highest BCUT2D eigenvalue weighted by Gasteiger charge is 2.46. The molecular formula is C15H19ClO. The van der Waals surface area contributed by atoms with Gasteiger partial charge in [0.1, 0.15) is 5.75 Å². The number of halogens is 1. The Bertz CT molecular complexity index is 417. The summed E-state index contributed by atoms with van der Waals surface area (Å²) in [5.74, 6) is 3.28. The van der Waals surface area contributed by atoms with E-state index in [1.165, 1.54) is 24.8 Å². The van der Waals surface area contributed by atoms with Crippen LogP contribution in [0, 0.1) is 11.8 Å². The van der Waals surface area contributed by atoms with Gasteiger partial charge in [-0.1, -0.05) is 31.5 Å². The third-order valence-electron chi connectivity index (χ3n) is 4.12. The lowest BCUT2D eigenvalue weighted by atomic mass is 10.0. The van der Waals surface area contributed by atoms with E-state index in [-0.39, 0.29) is 0 Å². The quantitative estimate of drug-likeness (QED) is 0.759. The minimum absolute atomic E-state index is 0.404. The number of hydrogen-bond acceptors (Lipinski definition) is 1. The summed E-state index contributed by atoms with van der Waals surface area (Å²) >= 11 is 6.27. The van der Waals surface area contributed by atoms with Crippen molar-refractivity contribution in [1.29, 1.82) is 0 Å². The number of fused-ring (bicyclic) bond motifs is 1. The SMILES string of the molecule is CC(C)c1ccc(OC2CC3CC3C2)c(Cl)c1. The average molecular weight is 251 g/mol. The van der Waals surface area contributed by atoms with Crippen molar-refractivity contribution in [2.75, 3.05) is 0 Å². The summed E-state index contributed by atoms with van der Waals surface area (Å²) in [5, 5.41) is 0.761. The van der Waals surface area contributed by atoms with Crippen molar-refractivity contribution < 1.29 is 4.74 Å². The van der Waals surface area contributed by atoms with Gasteiger partial charge in [0.05, 0.1) is 11.1 Å². The van der Waals surface area contributed by atoms with Crippen LogP contribution in [-0.4, -0.2) is 6.10 Å². The van der Waals surface area contributed by atoms with Crippen molar-refractivity contribution in [3.8, 4) is 5.75 Å². The smallest absolute Gasteiger partial charge is 0.138 e. The molecule has 1 aromatic rings. The monoisotopic (exact) mass is 250 g/mol. The zero-order chi connectivity index (χ0) is 12.0. The maximum Gasteiger partial charge on any atom is 0.138 e. The van der Waals surface area contributed by atoms with E-state index in [9.17, 15) is 0 Å². The fraction of sp³-hybridized carbons (Fsp3) is 0.600. The molecule has 2 heteroatoms. The molecule has 92 valence electrons. The first-order valence-corrected chi connectivity index (χ1v) is 6.97. The second kappa shape index (κ2) is 4.20. The van der Waals surface area contributed by atoms with E-state index in [4.69, 9.17) is 16.3 Å². The molecule has 2 fully saturated rings. The molecule has 0 bridgehead atoms. The van der Waals surface area contributed by atoms with Crippen molar-refractivity contribution >= 4 is 11.6 Å². The molecule has 1 aromatic carbocycles. The van der Waals surface area contributed by atoms with E-state index in [0.717, 1.165) is 22.6 Å². The third kappa shape index (κ3) is 2.30. The average Bonchev–Trinajstić information content (AvgIpc) is 2.89. The van der Waals surface area contributed by atoms with Crippen LogP contribution in [-0.2, 0) is 0 Å². The van der Waals surface area contributed by atoms with Crippen LogP contribution in [0.15, 0.2) is 18.2 Å². The lowest BCUT2D eigenvalue weighted by Gasteiger charge is -2.17. The molecule has 0 saturated heterocycles. The van der Waals surface area contributed by atoms with Gasteiger partial charge in [-0.15, -0.1) is 0 Å². The fourth-order valence-corrected chi connectivity index (χ4v) is 3.14. The van der Waals surface area contributed by atoms with Crippen LogP contribution in [0.1, 0.15) is 44.6 Å². The van der Waals surface area contributed by atoms with Crippen LogP contribution in [0.5, 0.6) is 5.75 Å². The van der Waals surface area contributed by atoms with Gasteiger partial charge in [0.25, 0.3) is 0 Å². The third-order valence-corrected chi connectivity index (χ3v) is 4.41. The molecule has 2 atom stereocenters. The van der Waals surface area contributed by atoms with E-state index < -0.39 is 0 Å². The van der Waals surface area contributed by atoms with Crippen LogP contribution in [0.2, 0.25) is 5.02 Å². The van der Waals surface area contributed by atoms with E-state index in [2.05, 4.69) is 19.9 Å². The summed E-state index contributed by atoms with van der Waals surface area (Å²) < 4.78 is 6.01. The standard InChI is InChI=1S/C15H19ClO/c1-9(2)10-3-4-15(14(16)8-10)17-13-6-11-5-12(11)7-13/h3-4,8-9,11-13H,5-7H2,1-2H3. The molecule has 2 saturated carbocycles. The molecule has 0 spiro atoms. The lowest BCUT2D eigenvalue weighted by Crippen LogP contribution is -2.13. The van der Waals surface area contributed by atoms with Gasteiger partial charge in [0.15, 0.2) is 0 Å². The van der Waals surface area contributed by atoms with Crippen LogP contribution < -0.4 is 4.74 Å². The van der Waals surface area contributed by atoms with Gasteiger partial charge >= 0.3 is 0 Å². The zero-order valence-corrected chi connectivity index (χ0v) is 11.2. The summed E-state index contributed by atoms with van der Waals surface area (Å²) in [7, 11) is 0. The number of ether oxygens (including phenoxy) is 1. The first-order valence-electron chi connectivity index (χ1n) is 6.59. The van der Waals surface area contributed by atoms with Crippen molar-refractivity contribution in [2.45, 2.75) is 45.1 Å². The van der Waals surface area contributed by atoms with Crippen molar-refractivity contribution in [1.82, 2.24) is 0 Å². The molecule has 3 rings (SSSR count). The summed E-state index contributed by atoms with van der Waals surface area (Å²) in [6.45, 7) is 4.35. The predicted molar refractivity (Wildman–Crippen MR) is 70.8 cm³/mol. The van der Waals surface area contributed by atoms with Crippen LogP contribution in [0.4, 0.5) is 0 Å². The van der Waals surface area contributed by atoms with Gasteiger partial charge in [-0.05, 0) is 54.7 Å². The van der Waals surface area contributed by atoms with E-state index >= 15 is 0 Å². The Morgan fingerprint density at radius 3 is 2.47 bits per heavy atom. The Morgan fingerprint density at radius 2 is 1.88 bits per heavy atom. The Kier molecular flexibility index (Phi) is 2.82. The molecule has 0 radical (unpaired) electrons. The summed E-state index contributed by atoms with van der Waals surface area (Å²) in [4.78, 5) is 0. The van der Waals surface area contributed by atoms with Crippen LogP contribution in [0.3, 0.4) is 0 Å². The summed E-state index contributed by atoms with van der Waals surface area (Å²) in [5.41, 5.74) is 1.27. The van der Waals surface area contributed by atoms with Crippen LogP contribution in [0.25, 0.3) is 0 Å². The van der Waals surface area contributed by atoms with Gasteiger partial charge in [-0.3, -0.25) is 0 Å². The number of hydrogen-bond donors (Lipinski definition) is 0. The summed E-state index contributed by atoms with van der Waals surface area (Å²) in [6.07, 6.45) is 4.29. The second-order valence-electron chi connectivity index (χ2n) is 5.81. The van der Waals surface area contributed by atoms with Gasteiger partial charge in [-0.25, -0.2) is 0 Å². The van der Waals surface area contributed by atoms with Crippen molar-refractivity contribution in [3.05, 3.63) is 28.8 Å². The van der Waals surface area contributed by atoms with E-state index in [1.54, 1.807) is 0 Å². The Morgan fingerprint density at radius 1 is 1.18 bits per heavy atom. The molecule has 17 heavy (non-hydrogen) atoms. The van der Waals surface area contributed by atoms with Gasteiger partial charge in [0, 0.05) is 0 Å². The van der Waals surface area contributed by atoms with Gasteiger partial charge < -0.3 is 4.74 Å². The molecule has 0 aliphatic heterocycles. The lowest BCUT2D eigenvalue weighted by molar-refractivity contribution is 0.194. The highest BCUT2D eigenvalue weighted by atomic mass is 35.5. The molecular weight excluding hydrogens is 232 g/mol. The normalized spacial score (nSPS) is 30.5. The zero-order valence-electron chi connectivity index (χ0n) is 10.4. The Hall–Kier alpha value is -0.690. The van der Waals surface area contributed by atoms with Crippen molar-refractivity contribution in [3.63, 3.8) is 0 Å². The molecule has 0 N–H and O–H groups in total. The molecule has 1 nitrogen and oxygen atoms in total. The maximum absolute atomic E-state index is 6.27. The molecule has 0 heterocycles. The maximum atomic E-state index is 6.27. The van der Waals surface area contributed by atoms with Gasteiger partial charge in [0.2, 0.25) is 0 Å². The van der Waals surface area contributed by atoms with Crippen molar-refractivity contribution in [2.24, 2.45) is 11.8 Å². The Balaban J connectivity index is 1.70. The number of rotatable bonds is 3. The topological polar surface area (TPSA) is 9.23 Å². The van der Waals surface area contributed by atoms with Crippen LogP contribution >= 0.6 is 11.6 Å². The van der Waals surface area contributed by atoms with E-state index in [1.807, 2.05) is 12.1 Å². The van der Waals surface area contributed by atoms with E-state index in [0.29, 0.717) is 12.0 Å². The molecule has 0 aromatic heterocycles. The predicted octanol–water partition coefficient (Wildman–Crippen LogP) is 4.64. The first kappa shape index (κ1) is 11.4.